The Hall–Kier alpha value is -3.98. The molecule has 0 bridgehead atoms. The smallest absolute Gasteiger partial charge is 0.267 e. The van der Waals surface area contributed by atoms with E-state index < -0.39 is 17.7 Å². The number of nitrogens with zero attached hydrogens (tertiary/aromatic N) is 5. The fraction of sp³-hybridized carbons (Fsp3) is 0.259. The van der Waals surface area contributed by atoms with E-state index >= 15 is 0 Å². The average molecular weight is 492 g/mol. The second-order valence-corrected chi connectivity index (χ2v) is 8.71. The van der Waals surface area contributed by atoms with Gasteiger partial charge >= 0.3 is 0 Å². The summed E-state index contributed by atoms with van der Waals surface area (Å²) in [4.78, 5) is 23.5. The molecule has 0 aliphatic heterocycles. The summed E-state index contributed by atoms with van der Waals surface area (Å²) in [7, 11) is 4.03. The summed E-state index contributed by atoms with van der Waals surface area (Å²) in [6.07, 6.45) is 4.18. The van der Waals surface area contributed by atoms with E-state index in [1.807, 2.05) is 45.3 Å². The Morgan fingerprint density at radius 1 is 0.972 bits per heavy atom. The monoisotopic (exact) mass is 491 g/mol. The van der Waals surface area contributed by atoms with Gasteiger partial charge in [-0.1, -0.05) is 18.2 Å². The van der Waals surface area contributed by atoms with Gasteiger partial charge in [0.1, 0.15) is 11.6 Å². The van der Waals surface area contributed by atoms with E-state index in [4.69, 9.17) is 4.74 Å². The van der Waals surface area contributed by atoms with Crippen molar-refractivity contribution in [2.45, 2.75) is 19.4 Å². The molecule has 2 aromatic heterocycles. The minimum Gasteiger partial charge on any atom is -0.490 e. The Morgan fingerprint density at radius 3 is 2.39 bits per heavy atom. The maximum absolute atomic E-state index is 13.7. The van der Waals surface area contributed by atoms with Crippen molar-refractivity contribution in [3.05, 3.63) is 94.5 Å². The van der Waals surface area contributed by atoms with Gasteiger partial charge in [0.25, 0.3) is 5.56 Å². The van der Waals surface area contributed by atoms with Gasteiger partial charge in [0, 0.05) is 29.8 Å². The Labute approximate surface area is 208 Å². The highest BCUT2D eigenvalue weighted by atomic mass is 19.1. The van der Waals surface area contributed by atoms with Crippen molar-refractivity contribution in [3.8, 4) is 28.4 Å². The van der Waals surface area contributed by atoms with E-state index in [0.29, 0.717) is 23.9 Å². The van der Waals surface area contributed by atoms with Crippen molar-refractivity contribution < 1.29 is 13.5 Å². The lowest BCUT2D eigenvalue weighted by Crippen LogP contribution is -2.26. The van der Waals surface area contributed by atoms with Crippen molar-refractivity contribution >= 4 is 0 Å². The SMILES string of the molecule is C[C@@H](c1cccc(-c2ncc(OCCCN(C)C)cn2)c1)n1nc(-c2cc(F)cc(F)c2)ccc1=O. The van der Waals surface area contributed by atoms with Gasteiger partial charge in [-0.3, -0.25) is 4.79 Å². The first-order valence-electron chi connectivity index (χ1n) is 11.6. The molecule has 0 spiro atoms. The number of benzene rings is 2. The van der Waals surface area contributed by atoms with Crippen molar-refractivity contribution in [1.82, 2.24) is 24.6 Å². The van der Waals surface area contributed by atoms with Crippen LogP contribution in [0.15, 0.2) is 71.8 Å². The lowest BCUT2D eigenvalue weighted by atomic mass is 10.0. The second kappa shape index (κ2) is 11.2. The number of aromatic nitrogens is 4. The molecule has 0 aliphatic rings. The van der Waals surface area contributed by atoms with Crippen LogP contribution in [0.1, 0.15) is 24.9 Å². The molecule has 2 aromatic carbocycles. The van der Waals surface area contributed by atoms with Gasteiger partial charge in [-0.25, -0.2) is 23.4 Å². The molecule has 0 fully saturated rings. The lowest BCUT2D eigenvalue weighted by Gasteiger charge is -2.16. The van der Waals surface area contributed by atoms with Crippen LogP contribution in [-0.2, 0) is 0 Å². The minimum absolute atomic E-state index is 0.250. The third-order valence-electron chi connectivity index (χ3n) is 5.62. The Bertz CT molecular complexity index is 1370. The zero-order valence-electron chi connectivity index (χ0n) is 20.4. The van der Waals surface area contributed by atoms with Crippen LogP contribution in [0.4, 0.5) is 8.78 Å². The van der Waals surface area contributed by atoms with Crippen LogP contribution in [-0.4, -0.2) is 51.9 Å². The first-order valence-corrected chi connectivity index (χ1v) is 11.6. The number of halogens is 2. The molecule has 0 N–H and O–H groups in total. The maximum Gasteiger partial charge on any atom is 0.267 e. The summed E-state index contributed by atoms with van der Waals surface area (Å²) >= 11 is 0. The molecule has 9 heteroatoms. The summed E-state index contributed by atoms with van der Waals surface area (Å²) < 4.78 is 34.4. The molecule has 186 valence electrons. The molecule has 0 amide bonds. The van der Waals surface area contributed by atoms with E-state index in [1.165, 1.54) is 28.9 Å². The van der Waals surface area contributed by atoms with E-state index in [9.17, 15) is 13.6 Å². The molecular formula is C27H27F2N5O2. The normalized spacial score (nSPS) is 12.1. The Kier molecular flexibility index (Phi) is 7.80. The summed E-state index contributed by atoms with van der Waals surface area (Å²) in [5.74, 6) is -0.303. The van der Waals surface area contributed by atoms with E-state index in [2.05, 4.69) is 20.0 Å². The third-order valence-corrected chi connectivity index (χ3v) is 5.62. The van der Waals surface area contributed by atoms with E-state index in [0.717, 1.165) is 30.2 Å². The van der Waals surface area contributed by atoms with Crippen molar-refractivity contribution in [3.63, 3.8) is 0 Å². The fourth-order valence-electron chi connectivity index (χ4n) is 3.75. The van der Waals surface area contributed by atoms with Crippen LogP contribution >= 0.6 is 0 Å². The Balaban J connectivity index is 1.54. The molecule has 2 heterocycles. The van der Waals surface area contributed by atoms with Crippen LogP contribution in [0.2, 0.25) is 0 Å². The maximum atomic E-state index is 13.7. The summed E-state index contributed by atoms with van der Waals surface area (Å²) in [5, 5.41) is 4.38. The predicted molar refractivity (Wildman–Crippen MR) is 134 cm³/mol. The highest BCUT2D eigenvalue weighted by Crippen LogP contribution is 2.24. The predicted octanol–water partition coefficient (Wildman–Crippen LogP) is 4.59. The minimum atomic E-state index is -0.713. The van der Waals surface area contributed by atoms with Gasteiger partial charge in [-0.15, -0.1) is 0 Å². The van der Waals surface area contributed by atoms with Crippen molar-refractivity contribution in [2.24, 2.45) is 0 Å². The second-order valence-electron chi connectivity index (χ2n) is 8.71. The van der Waals surface area contributed by atoms with Crippen molar-refractivity contribution in [1.29, 1.82) is 0 Å². The van der Waals surface area contributed by atoms with Crippen LogP contribution in [0, 0.1) is 11.6 Å². The molecule has 0 aliphatic carbocycles. The van der Waals surface area contributed by atoms with E-state index in [1.54, 1.807) is 12.4 Å². The highest BCUT2D eigenvalue weighted by molar-refractivity contribution is 5.59. The van der Waals surface area contributed by atoms with Gasteiger partial charge < -0.3 is 9.64 Å². The first kappa shape index (κ1) is 25.1. The van der Waals surface area contributed by atoms with Gasteiger partial charge in [0.2, 0.25) is 0 Å². The lowest BCUT2D eigenvalue weighted by molar-refractivity contribution is 0.280. The van der Waals surface area contributed by atoms with Gasteiger partial charge in [0.15, 0.2) is 11.6 Å². The summed E-state index contributed by atoms with van der Waals surface area (Å²) in [6, 6.07) is 13.0. The number of rotatable bonds is 9. The zero-order chi connectivity index (χ0) is 25.7. The topological polar surface area (TPSA) is 73.1 Å². The summed E-state index contributed by atoms with van der Waals surface area (Å²) in [5.41, 5.74) is 1.79. The molecule has 7 nitrogen and oxygen atoms in total. The van der Waals surface area contributed by atoms with E-state index in [-0.39, 0.29) is 11.1 Å². The molecule has 4 rings (SSSR count). The Morgan fingerprint density at radius 2 is 1.69 bits per heavy atom. The van der Waals surface area contributed by atoms with Crippen LogP contribution < -0.4 is 10.3 Å². The molecule has 36 heavy (non-hydrogen) atoms. The quantitative estimate of drug-likeness (QED) is 0.319. The average Bonchev–Trinajstić information content (AvgIpc) is 2.86. The van der Waals surface area contributed by atoms with Gasteiger partial charge in [-0.2, -0.15) is 5.10 Å². The zero-order valence-corrected chi connectivity index (χ0v) is 20.4. The van der Waals surface area contributed by atoms with Crippen LogP contribution in [0.25, 0.3) is 22.6 Å². The van der Waals surface area contributed by atoms with Crippen molar-refractivity contribution in [2.75, 3.05) is 27.2 Å². The molecule has 0 radical (unpaired) electrons. The number of ether oxygens (including phenoxy) is 1. The molecule has 0 saturated heterocycles. The highest BCUT2D eigenvalue weighted by Gasteiger charge is 2.15. The first-order chi connectivity index (χ1) is 17.3. The fourth-order valence-corrected chi connectivity index (χ4v) is 3.75. The standard InChI is InChI=1S/C27H27F2N5O2/c1-18(34-26(35)9-8-25(32-34)21-13-22(28)15-23(29)14-21)19-6-4-7-20(12-19)27-30-16-24(17-31-27)36-11-5-10-33(2)3/h4,6-9,12-18H,5,10-11H2,1-3H3/t18-/m0/s1. The molecule has 1 atom stereocenters. The molecule has 0 saturated carbocycles. The third kappa shape index (κ3) is 6.17. The summed E-state index contributed by atoms with van der Waals surface area (Å²) in [6.45, 7) is 3.34. The molecular weight excluding hydrogens is 464 g/mol. The number of hydrogen-bond donors (Lipinski definition) is 0. The van der Waals surface area contributed by atoms with Gasteiger partial charge in [0.05, 0.1) is 30.7 Å². The number of hydrogen-bond acceptors (Lipinski definition) is 6. The van der Waals surface area contributed by atoms with Gasteiger partial charge in [-0.05, 0) is 57.3 Å². The van der Waals surface area contributed by atoms with Crippen LogP contribution in [0.5, 0.6) is 5.75 Å². The molecule has 4 aromatic rings. The molecule has 0 unspecified atom stereocenters. The van der Waals surface area contributed by atoms with Crippen LogP contribution in [0.3, 0.4) is 0 Å². The largest absolute Gasteiger partial charge is 0.490 e.